The van der Waals surface area contributed by atoms with Gasteiger partial charge < -0.3 is 9.73 Å². The molecule has 0 saturated heterocycles. The maximum absolute atomic E-state index is 5.94. The summed E-state index contributed by atoms with van der Waals surface area (Å²) in [6, 6.07) is 14.4. The lowest BCUT2D eigenvalue weighted by atomic mass is 10.1. The van der Waals surface area contributed by atoms with Crippen LogP contribution in [0.5, 0.6) is 0 Å². The molecule has 118 valence electrons. The molecule has 1 aliphatic rings. The molecule has 0 unspecified atom stereocenters. The molecule has 4 heterocycles. The van der Waals surface area contributed by atoms with Gasteiger partial charge in [-0.1, -0.05) is 30.3 Å². The molecule has 5 nitrogen and oxygen atoms in total. The summed E-state index contributed by atoms with van der Waals surface area (Å²) in [5, 5.41) is 7.81. The fourth-order valence-electron chi connectivity index (χ4n) is 3.20. The first-order valence-corrected chi connectivity index (χ1v) is 8.11. The zero-order chi connectivity index (χ0) is 15.9. The standard InChI is InChI=1S/C19H16N4O/c1-2-4-13(5-3-1)15-10-21-23-12-14(6-7-17(15)23)19-22-16-11-20-9-8-18(16)24-19/h1-7,10,12,20H,8-9,11H2. The topological polar surface area (TPSA) is 55.4 Å². The molecular weight excluding hydrogens is 300 g/mol. The van der Waals surface area contributed by atoms with E-state index in [-0.39, 0.29) is 0 Å². The third-order valence-electron chi connectivity index (χ3n) is 4.45. The van der Waals surface area contributed by atoms with Crippen molar-refractivity contribution in [2.24, 2.45) is 0 Å². The largest absolute Gasteiger partial charge is 0.441 e. The van der Waals surface area contributed by atoms with Crippen molar-refractivity contribution in [2.75, 3.05) is 6.54 Å². The Morgan fingerprint density at radius 1 is 1.04 bits per heavy atom. The lowest BCUT2D eigenvalue weighted by Gasteiger charge is -2.08. The number of fused-ring (bicyclic) bond motifs is 2. The number of nitrogens with zero attached hydrogens (tertiary/aromatic N) is 3. The Labute approximate surface area is 139 Å². The van der Waals surface area contributed by atoms with E-state index < -0.39 is 0 Å². The average Bonchev–Trinajstić information content (AvgIpc) is 3.26. The first-order chi connectivity index (χ1) is 11.9. The monoisotopic (exact) mass is 316 g/mol. The molecule has 24 heavy (non-hydrogen) atoms. The number of rotatable bonds is 2. The van der Waals surface area contributed by atoms with E-state index in [1.54, 1.807) is 0 Å². The van der Waals surface area contributed by atoms with Gasteiger partial charge in [0.1, 0.15) is 5.76 Å². The van der Waals surface area contributed by atoms with Gasteiger partial charge in [-0.15, -0.1) is 0 Å². The Hall–Kier alpha value is -2.92. The molecule has 1 aliphatic heterocycles. The second-order valence-corrected chi connectivity index (χ2v) is 5.99. The van der Waals surface area contributed by atoms with Gasteiger partial charge in [0.25, 0.3) is 0 Å². The van der Waals surface area contributed by atoms with Crippen molar-refractivity contribution in [3.05, 3.63) is 66.3 Å². The van der Waals surface area contributed by atoms with Crippen molar-refractivity contribution in [2.45, 2.75) is 13.0 Å². The van der Waals surface area contributed by atoms with Crippen LogP contribution in [0.4, 0.5) is 0 Å². The van der Waals surface area contributed by atoms with Crippen LogP contribution in [0.2, 0.25) is 0 Å². The first kappa shape index (κ1) is 13.5. The first-order valence-electron chi connectivity index (χ1n) is 8.11. The molecule has 0 amide bonds. The second-order valence-electron chi connectivity index (χ2n) is 5.99. The maximum atomic E-state index is 5.94. The lowest BCUT2D eigenvalue weighted by Crippen LogP contribution is -2.22. The maximum Gasteiger partial charge on any atom is 0.228 e. The molecule has 0 fully saturated rings. The number of pyridine rings is 1. The van der Waals surface area contributed by atoms with E-state index in [2.05, 4.69) is 33.6 Å². The number of aromatic nitrogens is 3. The molecule has 0 spiro atoms. The Morgan fingerprint density at radius 3 is 2.83 bits per heavy atom. The van der Waals surface area contributed by atoms with E-state index in [4.69, 9.17) is 4.42 Å². The van der Waals surface area contributed by atoms with Crippen molar-refractivity contribution in [3.8, 4) is 22.6 Å². The number of benzene rings is 1. The highest BCUT2D eigenvalue weighted by atomic mass is 16.4. The Kier molecular flexibility index (Phi) is 2.99. The van der Waals surface area contributed by atoms with Crippen LogP contribution in [0.1, 0.15) is 11.5 Å². The smallest absolute Gasteiger partial charge is 0.228 e. The van der Waals surface area contributed by atoms with Crippen LogP contribution in [0, 0.1) is 0 Å². The van der Waals surface area contributed by atoms with Gasteiger partial charge in [0.15, 0.2) is 0 Å². The van der Waals surface area contributed by atoms with Crippen LogP contribution in [0.15, 0.2) is 59.3 Å². The van der Waals surface area contributed by atoms with Crippen LogP contribution < -0.4 is 5.32 Å². The molecule has 4 aromatic rings. The lowest BCUT2D eigenvalue weighted by molar-refractivity contribution is 0.483. The highest BCUT2D eigenvalue weighted by Crippen LogP contribution is 2.28. The Balaban J connectivity index is 1.58. The van der Waals surface area contributed by atoms with Crippen LogP contribution >= 0.6 is 0 Å². The van der Waals surface area contributed by atoms with Gasteiger partial charge in [0.05, 0.1) is 23.0 Å². The molecule has 0 saturated carbocycles. The minimum atomic E-state index is 0.669. The predicted molar refractivity (Wildman–Crippen MR) is 91.5 cm³/mol. The van der Waals surface area contributed by atoms with E-state index in [1.807, 2.05) is 41.2 Å². The van der Waals surface area contributed by atoms with E-state index in [1.165, 1.54) is 0 Å². The van der Waals surface area contributed by atoms with Crippen molar-refractivity contribution in [3.63, 3.8) is 0 Å². The molecule has 0 aliphatic carbocycles. The number of hydrogen-bond donors (Lipinski definition) is 1. The van der Waals surface area contributed by atoms with E-state index in [0.29, 0.717) is 5.89 Å². The van der Waals surface area contributed by atoms with E-state index in [9.17, 15) is 0 Å². The molecular formula is C19H16N4O. The van der Waals surface area contributed by atoms with Gasteiger partial charge in [0, 0.05) is 31.3 Å². The van der Waals surface area contributed by atoms with Gasteiger partial charge in [0.2, 0.25) is 5.89 Å². The average molecular weight is 316 g/mol. The van der Waals surface area contributed by atoms with Crippen molar-refractivity contribution >= 4 is 5.52 Å². The van der Waals surface area contributed by atoms with Gasteiger partial charge in [-0.3, -0.25) is 0 Å². The summed E-state index contributed by atoms with van der Waals surface area (Å²) in [5.74, 6) is 1.66. The minimum Gasteiger partial charge on any atom is -0.441 e. The van der Waals surface area contributed by atoms with Crippen molar-refractivity contribution < 1.29 is 4.42 Å². The number of oxazole rings is 1. The minimum absolute atomic E-state index is 0.669. The fraction of sp³-hybridized carbons (Fsp3) is 0.158. The quantitative estimate of drug-likeness (QED) is 0.616. The third kappa shape index (κ3) is 2.13. The Morgan fingerprint density at radius 2 is 1.96 bits per heavy atom. The van der Waals surface area contributed by atoms with Gasteiger partial charge in [-0.2, -0.15) is 5.10 Å². The number of hydrogen-bond acceptors (Lipinski definition) is 4. The summed E-state index contributed by atoms with van der Waals surface area (Å²) in [7, 11) is 0. The zero-order valence-corrected chi connectivity index (χ0v) is 13.1. The van der Waals surface area contributed by atoms with Gasteiger partial charge >= 0.3 is 0 Å². The molecule has 3 aromatic heterocycles. The summed E-state index contributed by atoms with van der Waals surface area (Å²) < 4.78 is 7.83. The van der Waals surface area contributed by atoms with Gasteiger partial charge in [-0.05, 0) is 17.7 Å². The summed E-state index contributed by atoms with van der Waals surface area (Å²) in [6.45, 7) is 1.72. The number of nitrogens with one attached hydrogen (secondary N) is 1. The SMILES string of the molecule is c1ccc(-c2cnn3cc(-c4nc5c(o4)CCNC5)ccc23)cc1. The normalized spacial score (nSPS) is 14.0. The molecule has 0 radical (unpaired) electrons. The molecule has 5 heteroatoms. The third-order valence-corrected chi connectivity index (χ3v) is 4.45. The molecule has 1 N–H and O–H groups in total. The summed E-state index contributed by atoms with van der Waals surface area (Å²) in [4.78, 5) is 4.62. The zero-order valence-electron chi connectivity index (χ0n) is 13.1. The highest BCUT2D eigenvalue weighted by Gasteiger charge is 2.18. The Bertz CT molecular complexity index is 993. The van der Waals surface area contributed by atoms with Crippen LogP contribution in [0.3, 0.4) is 0 Å². The van der Waals surface area contributed by atoms with Gasteiger partial charge in [-0.25, -0.2) is 9.50 Å². The van der Waals surface area contributed by atoms with Crippen molar-refractivity contribution in [1.82, 2.24) is 19.9 Å². The van der Waals surface area contributed by atoms with E-state index >= 15 is 0 Å². The van der Waals surface area contributed by atoms with Crippen LogP contribution in [-0.2, 0) is 13.0 Å². The summed E-state index contributed by atoms with van der Waals surface area (Å²) in [5.41, 5.74) is 5.32. The predicted octanol–water partition coefficient (Wildman–Crippen LogP) is 3.30. The summed E-state index contributed by atoms with van der Waals surface area (Å²) in [6.07, 6.45) is 4.77. The molecule has 5 rings (SSSR count). The molecule has 0 atom stereocenters. The summed E-state index contributed by atoms with van der Waals surface area (Å²) >= 11 is 0. The highest BCUT2D eigenvalue weighted by molar-refractivity contribution is 5.80. The van der Waals surface area contributed by atoms with Crippen molar-refractivity contribution in [1.29, 1.82) is 0 Å². The van der Waals surface area contributed by atoms with Crippen LogP contribution in [0.25, 0.3) is 28.1 Å². The van der Waals surface area contributed by atoms with E-state index in [0.717, 1.165) is 53.2 Å². The van der Waals surface area contributed by atoms with Crippen LogP contribution in [-0.4, -0.2) is 21.1 Å². The second kappa shape index (κ2) is 5.32. The molecule has 1 aromatic carbocycles. The fourth-order valence-corrected chi connectivity index (χ4v) is 3.20. The molecule has 0 bridgehead atoms.